The molecule has 19 heavy (non-hydrogen) atoms. The lowest BCUT2D eigenvalue weighted by atomic mass is 9.94. The summed E-state index contributed by atoms with van der Waals surface area (Å²) in [6, 6.07) is 8.45. The quantitative estimate of drug-likeness (QED) is 0.669. The van der Waals surface area contributed by atoms with Gasteiger partial charge in [0.2, 0.25) is 0 Å². The highest BCUT2D eigenvalue weighted by Gasteiger charge is 2.13. The van der Waals surface area contributed by atoms with Crippen molar-refractivity contribution in [3.05, 3.63) is 34.3 Å². The molecule has 0 saturated carbocycles. The van der Waals surface area contributed by atoms with Crippen LogP contribution in [-0.4, -0.2) is 40.5 Å². The van der Waals surface area contributed by atoms with Crippen LogP contribution in [0, 0.1) is 0 Å². The number of rotatable bonds is 10. The SMILES string of the molecule is COCCCC(CNCCOC)c1ccccc1Br. The van der Waals surface area contributed by atoms with Crippen LogP contribution in [0.4, 0.5) is 0 Å². The van der Waals surface area contributed by atoms with Gasteiger partial charge in [-0.25, -0.2) is 0 Å². The van der Waals surface area contributed by atoms with Gasteiger partial charge in [-0.2, -0.15) is 0 Å². The summed E-state index contributed by atoms with van der Waals surface area (Å²) in [4.78, 5) is 0. The van der Waals surface area contributed by atoms with E-state index in [0.717, 1.165) is 39.1 Å². The van der Waals surface area contributed by atoms with E-state index in [0.29, 0.717) is 5.92 Å². The largest absolute Gasteiger partial charge is 0.385 e. The molecule has 0 aliphatic carbocycles. The van der Waals surface area contributed by atoms with Gasteiger partial charge in [-0.3, -0.25) is 0 Å². The first-order chi connectivity index (χ1) is 9.29. The summed E-state index contributed by atoms with van der Waals surface area (Å²) < 4.78 is 11.4. The van der Waals surface area contributed by atoms with Gasteiger partial charge < -0.3 is 14.8 Å². The number of methoxy groups -OCH3 is 2. The van der Waals surface area contributed by atoms with Crippen LogP contribution in [-0.2, 0) is 9.47 Å². The van der Waals surface area contributed by atoms with Crippen LogP contribution >= 0.6 is 15.9 Å². The van der Waals surface area contributed by atoms with Crippen LogP contribution < -0.4 is 5.32 Å². The monoisotopic (exact) mass is 329 g/mol. The molecular formula is C15H24BrNO2. The van der Waals surface area contributed by atoms with Gasteiger partial charge in [0.05, 0.1) is 6.61 Å². The highest BCUT2D eigenvalue weighted by molar-refractivity contribution is 9.10. The van der Waals surface area contributed by atoms with Gasteiger partial charge in [-0.05, 0) is 30.4 Å². The lowest BCUT2D eigenvalue weighted by molar-refractivity contribution is 0.188. The molecule has 0 heterocycles. The number of nitrogens with one attached hydrogen (secondary N) is 1. The Hall–Kier alpha value is -0.420. The predicted octanol–water partition coefficient (Wildman–Crippen LogP) is 3.20. The molecule has 108 valence electrons. The van der Waals surface area contributed by atoms with E-state index in [1.54, 1.807) is 14.2 Å². The van der Waals surface area contributed by atoms with Crippen molar-refractivity contribution in [3.63, 3.8) is 0 Å². The number of ether oxygens (including phenoxy) is 2. The van der Waals surface area contributed by atoms with Crippen LogP contribution in [0.5, 0.6) is 0 Å². The minimum atomic E-state index is 0.502. The fourth-order valence-electron chi connectivity index (χ4n) is 2.10. The van der Waals surface area contributed by atoms with Crippen LogP contribution in [0.1, 0.15) is 24.3 Å². The Bertz CT molecular complexity index is 347. The summed E-state index contributed by atoms with van der Waals surface area (Å²) in [5.41, 5.74) is 1.36. The molecular weight excluding hydrogens is 306 g/mol. The molecule has 1 atom stereocenters. The number of hydrogen-bond acceptors (Lipinski definition) is 3. The topological polar surface area (TPSA) is 30.5 Å². The van der Waals surface area contributed by atoms with E-state index in [1.807, 2.05) is 0 Å². The molecule has 0 saturated heterocycles. The zero-order valence-corrected chi connectivity index (χ0v) is 13.4. The summed E-state index contributed by atoms with van der Waals surface area (Å²) in [5, 5.41) is 3.45. The molecule has 0 aromatic heterocycles. The van der Waals surface area contributed by atoms with E-state index in [1.165, 1.54) is 10.0 Å². The van der Waals surface area contributed by atoms with Gasteiger partial charge in [0, 0.05) is 38.4 Å². The van der Waals surface area contributed by atoms with Crippen LogP contribution in [0.25, 0.3) is 0 Å². The summed E-state index contributed by atoms with van der Waals surface area (Å²) in [7, 11) is 3.48. The Morgan fingerprint density at radius 3 is 2.58 bits per heavy atom. The molecule has 0 radical (unpaired) electrons. The molecule has 1 aromatic carbocycles. The van der Waals surface area contributed by atoms with Crippen molar-refractivity contribution in [3.8, 4) is 0 Å². The highest BCUT2D eigenvalue weighted by Crippen LogP contribution is 2.27. The first-order valence-electron chi connectivity index (χ1n) is 6.72. The molecule has 0 aliphatic heterocycles. The smallest absolute Gasteiger partial charge is 0.0587 e. The second-order valence-electron chi connectivity index (χ2n) is 4.55. The molecule has 0 aliphatic rings. The Kier molecular flexibility index (Phi) is 9.08. The van der Waals surface area contributed by atoms with E-state index in [4.69, 9.17) is 9.47 Å². The number of benzene rings is 1. The Morgan fingerprint density at radius 1 is 1.16 bits per heavy atom. The third-order valence-corrected chi connectivity index (χ3v) is 3.84. The second kappa shape index (κ2) is 10.4. The standard InChI is InChI=1S/C15H24BrNO2/c1-18-10-5-6-13(12-17-9-11-19-2)14-7-3-4-8-15(14)16/h3-4,7-8,13,17H,5-6,9-12H2,1-2H3. The zero-order chi connectivity index (χ0) is 13.9. The second-order valence-corrected chi connectivity index (χ2v) is 5.40. The fourth-order valence-corrected chi connectivity index (χ4v) is 2.71. The molecule has 1 aromatic rings. The Balaban J connectivity index is 2.55. The highest BCUT2D eigenvalue weighted by atomic mass is 79.9. The molecule has 0 spiro atoms. The molecule has 1 unspecified atom stereocenters. The average Bonchev–Trinajstić information content (AvgIpc) is 2.42. The van der Waals surface area contributed by atoms with Crippen LogP contribution in [0.2, 0.25) is 0 Å². The Labute approximate surface area is 124 Å². The van der Waals surface area contributed by atoms with E-state index in [2.05, 4.69) is 45.5 Å². The zero-order valence-electron chi connectivity index (χ0n) is 11.8. The van der Waals surface area contributed by atoms with Crippen molar-refractivity contribution in [1.29, 1.82) is 0 Å². The number of halogens is 1. The lowest BCUT2D eigenvalue weighted by Gasteiger charge is -2.19. The van der Waals surface area contributed by atoms with Crippen LogP contribution in [0.15, 0.2) is 28.7 Å². The van der Waals surface area contributed by atoms with Gasteiger partial charge in [0.1, 0.15) is 0 Å². The predicted molar refractivity (Wildman–Crippen MR) is 82.7 cm³/mol. The normalized spacial score (nSPS) is 12.6. The minimum Gasteiger partial charge on any atom is -0.385 e. The van der Waals surface area contributed by atoms with Crippen molar-refractivity contribution >= 4 is 15.9 Å². The fraction of sp³-hybridized carbons (Fsp3) is 0.600. The molecule has 1 rings (SSSR count). The van der Waals surface area contributed by atoms with Crippen molar-refractivity contribution < 1.29 is 9.47 Å². The maximum absolute atomic E-state index is 5.15. The number of hydrogen-bond donors (Lipinski definition) is 1. The molecule has 1 N–H and O–H groups in total. The van der Waals surface area contributed by atoms with Gasteiger partial charge in [0.25, 0.3) is 0 Å². The maximum atomic E-state index is 5.15. The lowest BCUT2D eigenvalue weighted by Crippen LogP contribution is -2.25. The van der Waals surface area contributed by atoms with Gasteiger partial charge in [0.15, 0.2) is 0 Å². The van der Waals surface area contributed by atoms with Crippen molar-refractivity contribution in [2.75, 3.05) is 40.5 Å². The molecule has 0 amide bonds. The Morgan fingerprint density at radius 2 is 1.89 bits per heavy atom. The molecule has 0 fully saturated rings. The van der Waals surface area contributed by atoms with E-state index in [-0.39, 0.29) is 0 Å². The van der Waals surface area contributed by atoms with E-state index < -0.39 is 0 Å². The molecule has 0 bridgehead atoms. The van der Waals surface area contributed by atoms with Gasteiger partial charge in [-0.15, -0.1) is 0 Å². The average molecular weight is 330 g/mol. The van der Waals surface area contributed by atoms with E-state index in [9.17, 15) is 0 Å². The molecule has 4 heteroatoms. The van der Waals surface area contributed by atoms with Gasteiger partial charge >= 0.3 is 0 Å². The third kappa shape index (κ3) is 6.52. The summed E-state index contributed by atoms with van der Waals surface area (Å²) in [6.07, 6.45) is 2.20. The third-order valence-electron chi connectivity index (χ3n) is 3.12. The van der Waals surface area contributed by atoms with Crippen molar-refractivity contribution in [2.45, 2.75) is 18.8 Å². The maximum Gasteiger partial charge on any atom is 0.0587 e. The van der Waals surface area contributed by atoms with Crippen molar-refractivity contribution in [1.82, 2.24) is 5.32 Å². The van der Waals surface area contributed by atoms with Crippen molar-refractivity contribution in [2.24, 2.45) is 0 Å². The minimum absolute atomic E-state index is 0.502. The first kappa shape index (κ1) is 16.6. The van der Waals surface area contributed by atoms with E-state index >= 15 is 0 Å². The summed E-state index contributed by atoms with van der Waals surface area (Å²) in [6.45, 7) is 3.43. The van der Waals surface area contributed by atoms with Crippen LogP contribution in [0.3, 0.4) is 0 Å². The first-order valence-corrected chi connectivity index (χ1v) is 7.52. The van der Waals surface area contributed by atoms with Gasteiger partial charge in [-0.1, -0.05) is 34.1 Å². The molecule has 3 nitrogen and oxygen atoms in total. The summed E-state index contributed by atoms with van der Waals surface area (Å²) >= 11 is 3.64. The summed E-state index contributed by atoms with van der Waals surface area (Å²) in [5.74, 6) is 0.502.